The van der Waals surface area contributed by atoms with Gasteiger partial charge in [0.05, 0.1) is 18.2 Å². The molecule has 0 fully saturated rings. The molecule has 0 saturated carbocycles. The van der Waals surface area contributed by atoms with Crippen LogP contribution in [0.25, 0.3) is 0 Å². The number of aliphatic hydroxyl groups is 1. The first kappa shape index (κ1) is 23.8. The first-order valence-electron chi connectivity index (χ1n) is 9.76. The molecule has 0 heterocycles. The molecule has 0 aliphatic rings. The molecule has 1 rings (SSSR count). The fourth-order valence-corrected chi connectivity index (χ4v) is 2.41. The SMILES string of the molecule is CCNC(=NCC(C)(C)NC(=O)OC(C)(C)C)NCC(O)Cc1ccccc1. The summed E-state index contributed by atoms with van der Waals surface area (Å²) in [7, 11) is 0. The van der Waals surface area contributed by atoms with Crippen LogP contribution >= 0.6 is 0 Å². The van der Waals surface area contributed by atoms with Crippen molar-refractivity contribution in [3.63, 3.8) is 0 Å². The Balaban J connectivity index is 2.56. The largest absolute Gasteiger partial charge is 0.444 e. The van der Waals surface area contributed by atoms with Gasteiger partial charge in [-0.25, -0.2) is 4.79 Å². The van der Waals surface area contributed by atoms with E-state index in [2.05, 4.69) is 20.9 Å². The second kappa shape index (κ2) is 10.9. The van der Waals surface area contributed by atoms with E-state index >= 15 is 0 Å². The van der Waals surface area contributed by atoms with Crippen molar-refractivity contribution in [2.75, 3.05) is 19.6 Å². The number of aliphatic imine (C=N–C) groups is 1. The molecule has 0 radical (unpaired) electrons. The molecule has 0 bridgehead atoms. The van der Waals surface area contributed by atoms with Crippen molar-refractivity contribution in [1.29, 1.82) is 0 Å². The van der Waals surface area contributed by atoms with E-state index in [-0.39, 0.29) is 0 Å². The molecule has 1 aromatic carbocycles. The molecule has 0 aliphatic carbocycles. The Morgan fingerprint density at radius 2 is 1.79 bits per heavy atom. The zero-order chi connectivity index (χ0) is 21.2. The Labute approximate surface area is 169 Å². The third-order valence-electron chi connectivity index (χ3n) is 3.64. The molecule has 158 valence electrons. The highest BCUT2D eigenvalue weighted by atomic mass is 16.6. The second-order valence-electron chi connectivity index (χ2n) is 8.43. The number of ether oxygens (including phenoxy) is 1. The van der Waals surface area contributed by atoms with Crippen LogP contribution in [0.2, 0.25) is 0 Å². The standard InChI is InChI=1S/C21H36N4O3/c1-7-22-18(23-14-17(26)13-16-11-9-8-10-12-16)24-15-21(5,6)25-19(27)28-20(2,3)4/h8-12,17,26H,7,13-15H2,1-6H3,(H,25,27)(H2,22,23,24). The summed E-state index contributed by atoms with van der Waals surface area (Å²) in [6, 6.07) is 9.86. The van der Waals surface area contributed by atoms with Crippen LogP contribution in [0.1, 0.15) is 47.1 Å². The van der Waals surface area contributed by atoms with E-state index in [1.807, 2.05) is 71.9 Å². The number of nitrogens with one attached hydrogen (secondary N) is 3. The van der Waals surface area contributed by atoms with Crippen molar-refractivity contribution in [3.8, 4) is 0 Å². The molecule has 0 spiro atoms. The predicted octanol–water partition coefficient (Wildman–Crippen LogP) is 2.45. The molecule has 4 N–H and O–H groups in total. The van der Waals surface area contributed by atoms with Crippen LogP contribution in [0, 0.1) is 0 Å². The molecule has 1 unspecified atom stereocenters. The molecule has 0 aromatic heterocycles. The van der Waals surface area contributed by atoms with Crippen molar-refractivity contribution in [2.24, 2.45) is 4.99 Å². The molecule has 0 aliphatic heterocycles. The fourth-order valence-electron chi connectivity index (χ4n) is 2.41. The van der Waals surface area contributed by atoms with E-state index in [9.17, 15) is 9.90 Å². The number of rotatable bonds is 8. The summed E-state index contributed by atoms with van der Waals surface area (Å²) in [4.78, 5) is 16.5. The van der Waals surface area contributed by atoms with Gasteiger partial charge in [0.25, 0.3) is 0 Å². The van der Waals surface area contributed by atoms with Gasteiger partial charge < -0.3 is 25.8 Å². The van der Waals surface area contributed by atoms with Crippen LogP contribution in [0.4, 0.5) is 4.79 Å². The van der Waals surface area contributed by atoms with Gasteiger partial charge in [-0.1, -0.05) is 30.3 Å². The van der Waals surface area contributed by atoms with Gasteiger partial charge in [-0.2, -0.15) is 0 Å². The lowest BCUT2D eigenvalue weighted by Crippen LogP contribution is -2.49. The second-order valence-corrected chi connectivity index (χ2v) is 8.43. The highest BCUT2D eigenvalue weighted by Crippen LogP contribution is 2.10. The molecule has 1 atom stereocenters. The summed E-state index contributed by atoms with van der Waals surface area (Å²) >= 11 is 0. The Morgan fingerprint density at radius 3 is 2.36 bits per heavy atom. The highest BCUT2D eigenvalue weighted by molar-refractivity contribution is 5.79. The summed E-state index contributed by atoms with van der Waals surface area (Å²) in [5, 5.41) is 19.4. The maximum Gasteiger partial charge on any atom is 0.408 e. The van der Waals surface area contributed by atoms with Crippen molar-refractivity contribution in [3.05, 3.63) is 35.9 Å². The van der Waals surface area contributed by atoms with Crippen LogP contribution < -0.4 is 16.0 Å². The number of guanidine groups is 1. The van der Waals surface area contributed by atoms with Crippen molar-refractivity contribution in [2.45, 2.75) is 65.2 Å². The summed E-state index contributed by atoms with van der Waals surface area (Å²) in [5.41, 5.74) is -0.0382. The van der Waals surface area contributed by atoms with E-state index in [1.165, 1.54) is 0 Å². The van der Waals surface area contributed by atoms with Crippen molar-refractivity contribution < 1.29 is 14.6 Å². The molecular weight excluding hydrogens is 356 g/mol. The lowest BCUT2D eigenvalue weighted by Gasteiger charge is -2.27. The molecule has 7 nitrogen and oxygen atoms in total. The van der Waals surface area contributed by atoms with Gasteiger partial charge in [0.15, 0.2) is 5.96 Å². The number of carbonyl (C=O) groups excluding carboxylic acids is 1. The predicted molar refractivity (Wildman–Crippen MR) is 114 cm³/mol. The topological polar surface area (TPSA) is 95.0 Å². The Morgan fingerprint density at radius 1 is 1.14 bits per heavy atom. The number of alkyl carbamates (subject to hydrolysis) is 1. The quantitative estimate of drug-likeness (QED) is 0.403. The average Bonchev–Trinajstić information content (AvgIpc) is 2.56. The highest BCUT2D eigenvalue weighted by Gasteiger charge is 2.24. The third kappa shape index (κ3) is 10.8. The van der Waals surface area contributed by atoms with Crippen LogP contribution in [-0.4, -0.2) is 54.0 Å². The van der Waals surface area contributed by atoms with Gasteiger partial charge in [0.2, 0.25) is 0 Å². The number of carbonyl (C=O) groups is 1. The number of nitrogens with zero attached hydrogens (tertiary/aromatic N) is 1. The summed E-state index contributed by atoms with van der Waals surface area (Å²) in [5.74, 6) is 0.591. The van der Waals surface area contributed by atoms with E-state index in [4.69, 9.17) is 4.74 Å². The maximum atomic E-state index is 12.0. The summed E-state index contributed by atoms with van der Waals surface area (Å²) in [6.07, 6.45) is -0.429. The smallest absolute Gasteiger partial charge is 0.408 e. The summed E-state index contributed by atoms with van der Waals surface area (Å²) < 4.78 is 5.30. The lowest BCUT2D eigenvalue weighted by molar-refractivity contribution is 0.0476. The van der Waals surface area contributed by atoms with Gasteiger partial charge in [0, 0.05) is 19.5 Å². The van der Waals surface area contributed by atoms with Gasteiger partial charge in [-0.3, -0.25) is 4.99 Å². The minimum atomic E-state index is -0.576. The molecule has 1 aromatic rings. The minimum Gasteiger partial charge on any atom is -0.444 e. The van der Waals surface area contributed by atoms with Gasteiger partial charge in [-0.15, -0.1) is 0 Å². The van der Waals surface area contributed by atoms with Crippen molar-refractivity contribution in [1.82, 2.24) is 16.0 Å². The molecular formula is C21H36N4O3. The average molecular weight is 393 g/mol. The molecule has 28 heavy (non-hydrogen) atoms. The minimum absolute atomic E-state index is 0.357. The van der Waals surface area contributed by atoms with Gasteiger partial charge >= 0.3 is 6.09 Å². The third-order valence-corrected chi connectivity index (χ3v) is 3.64. The Kier molecular flexibility index (Phi) is 9.25. The number of hydrogen-bond donors (Lipinski definition) is 4. The van der Waals surface area contributed by atoms with Gasteiger partial charge in [-0.05, 0) is 47.1 Å². The molecule has 1 amide bonds. The van der Waals surface area contributed by atoms with E-state index in [0.717, 1.165) is 5.56 Å². The van der Waals surface area contributed by atoms with Crippen LogP contribution in [0.15, 0.2) is 35.3 Å². The number of amides is 1. The Bertz CT molecular complexity index is 624. The zero-order valence-corrected chi connectivity index (χ0v) is 18.0. The monoisotopic (exact) mass is 392 g/mol. The van der Waals surface area contributed by atoms with E-state index < -0.39 is 23.3 Å². The van der Waals surface area contributed by atoms with E-state index in [0.29, 0.717) is 32.0 Å². The molecule has 7 heteroatoms. The Hall–Kier alpha value is -2.28. The molecule has 0 saturated heterocycles. The maximum absolute atomic E-state index is 12.0. The van der Waals surface area contributed by atoms with E-state index in [1.54, 1.807) is 0 Å². The van der Waals surface area contributed by atoms with Crippen LogP contribution in [0.3, 0.4) is 0 Å². The van der Waals surface area contributed by atoms with Crippen LogP contribution in [-0.2, 0) is 11.2 Å². The van der Waals surface area contributed by atoms with Crippen molar-refractivity contribution >= 4 is 12.1 Å². The van der Waals surface area contributed by atoms with Crippen LogP contribution in [0.5, 0.6) is 0 Å². The zero-order valence-electron chi connectivity index (χ0n) is 18.0. The number of benzene rings is 1. The summed E-state index contributed by atoms with van der Waals surface area (Å²) in [6.45, 7) is 12.6. The first-order chi connectivity index (χ1) is 13.0. The normalized spacial score (nSPS) is 13.6. The number of hydrogen-bond acceptors (Lipinski definition) is 4. The van der Waals surface area contributed by atoms with Gasteiger partial charge in [0.1, 0.15) is 5.60 Å². The first-order valence-corrected chi connectivity index (χ1v) is 9.76. The lowest BCUT2D eigenvalue weighted by atomic mass is 10.1. The fraction of sp³-hybridized carbons (Fsp3) is 0.619. The number of aliphatic hydroxyl groups excluding tert-OH is 1.